The smallest absolute Gasteiger partial charge is 0.0593 e. The molecule has 0 aliphatic carbocycles. The average molecular weight is 284 g/mol. The van der Waals surface area contributed by atoms with Crippen LogP contribution in [0.2, 0.25) is 0 Å². The van der Waals surface area contributed by atoms with Crippen LogP contribution in [-0.4, -0.2) is 49.8 Å². The zero-order chi connectivity index (χ0) is 15.0. The Hall–Kier alpha value is -0.120. The summed E-state index contributed by atoms with van der Waals surface area (Å²) in [4.78, 5) is 2.66. The molecule has 0 aromatic rings. The van der Waals surface area contributed by atoms with Crippen LogP contribution >= 0.6 is 0 Å². The van der Waals surface area contributed by atoms with Gasteiger partial charge in [0.1, 0.15) is 0 Å². The van der Waals surface area contributed by atoms with Gasteiger partial charge >= 0.3 is 0 Å². The number of piperazine rings is 1. The van der Waals surface area contributed by atoms with E-state index in [1.807, 2.05) is 0 Å². The van der Waals surface area contributed by atoms with E-state index in [4.69, 9.17) is 4.74 Å². The van der Waals surface area contributed by atoms with Crippen molar-refractivity contribution in [3.05, 3.63) is 0 Å². The Bertz CT molecular complexity index is 245. The van der Waals surface area contributed by atoms with Gasteiger partial charge in [0.25, 0.3) is 0 Å². The quantitative estimate of drug-likeness (QED) is 0.658. The van der Waals surface area contributed by atoms with Crippen LogP contribution in [0.3, 0.4) is 0 Å². The monoisotopic (exact) mass is 284 g/mol. The number of nitrogens with one attached hydrogen (secondary N) is 1. The van der Waals surface area contributed by atoms with Crippen molar-refractivity contribution >= 4 is 0 Å². The molecule has 1 fully saturated rings. The van der Waals surface area contributed by atoms with Crippen molar-refractivity contribution in [1.82, 2.24) is 10.2 Å². The Labute approximate surface area is 126 Å². The lowest BCUT2D eigenvalue weighted by atomic mass is 9.92. The molecule has 3 atom stereocenters. The summed E-state index contributed by atoms with van der Waals surface area (Å²) in [5, 5.41) is 3.76. The zero-order valence-electron chi connectivity index (χ0n) is 14.3. The Morgan fingerprint density at radius 1 is 1.20 bits per heavy atom. The van der Waals surface area contributed by atoms with Crippen molar-refractivity contribution in [2.75, 3.05) is 32.8 Å². The molecule has 1 rings (SSSR count). The molecule has 0 aromatic heterocycles. The topological polar surface area (TPSA) is 24.5 Å². The van der Waals surface area contributed by atoms with Crippen molar-refractivity contribution in [2.24, 2.45) is 11.8 Å². The molecule has 1 heterocycles. The van der Waals surface area contributed by atoms with Crippen LogP contribution in [0, 0.1) is 11.8 Å². The maximum absolute atomic E-state index is 5.76. The average Bonchev–Trinajstić information content (AvgIpc) is 2.45. The highest BCUT2D eigenvalue weighted by molar-refractivity contribution is 4.89. The normalized spacial score (nSPS) is 26.1. The Morgan fingerprint density at radius 3 is 2.55 bits per heavy atom. The van der Waals surface area contributed by atoms with Crippen molar-refractivity contribution in [2.45, 2.75) is 66.0 Å². The second-order valence-corrected chi connectivity index (χ2v) is 6.67. The molecular formula is C17H36N2O. The van der Waals surface area contributed by atoms with E-state index >= 15 is 0 Å². The van der Waals surface area contributed by atoms with Crippen LogP contribution in [-0.2, 0) is 4.74 Å². The number of rotatable bonds is 9. The maximum atomic E-state index is 5.76. The second kappa shape index (κ2) is 9.75. The molecule has 0 amide bonds. The van der Waals surface area contributed by atoms with E-state index in [-0.39, 0.29) is 0 Å². The molecule has 0 saturated carbocycles. The predicted octanol–water partition coefficient (Wildman–Crippen LogP) is 3.15. The molecule has 3 heteroatoms. The van der Waals surface area contributed by atoms with Crippen LogP contribution in [0.25, 0.3) is 0 Å². The fourth-order valence-electron chi connectivity index (χ4n) is 2.96. The molecule has 0 bridgehead atoms. The van der Waals surface area contributed by atoms with Crippen LogP contribution in [0.1, 0.15) is 53.9 Å². The summed E-state index contributed by atoms with van der Waals surface area (Å²) >= 11 is 0. The minimum absolute atomic E-state index is 0.644. The number of ether oxygens (including phenoxy) is 1. The predicted molar refractivity (Wildman–Crippen MR) is 87.2 cm³/mol. The van der Waals surface area contributed by atoms with Gasteiger partial charge in [-0.05, 0) is 18.3 Å². The van der Waals surface area contributed by atoms with Gasteiger partial charge in [0.05, 0.1) is 6.61 Å². The summed E-state index contributed by atoms with van der Waals surface area (Å²) in [7, 11) is 0. The van der Waals surface area contributed by atoms with E-state index in [2.05, 4.69) is 44.8 Å². The molecule has 0 radical (unpaired) electrons. The van der Waals surface area contributed by atoms with Crippen LogP contribution in [0.5, 0.6) is 0 Å². The molecule has 1 saturated heterocycles. The highest BCUT2D eigenvalue weighted by Gasteiger charge is 2.31. The lowest BCUT2D eigenvalue weighted by Crippen LogP contribution is -2.60. The van der Waals surface area contributed by atoms with Gasteiger partial charge < -0.3 is 10.1 Å². The van der Waals surface area contributed by atoms with Gasteiger partial charge in [-0.25, -0.2) is 0 Å². The molecule has 1 N–H and O–H groups in total. The standard InChI is InChI=1S/C17H36N2O/c1-6-8-10-20-11-9-19-13-16(15(5)7-2)18-12-17(19)14(3)4/h14-18H,6-13H2,1-5H3. The summed E-state index contributed by atoms with van der Waals surface area (Å²) in [6.45, 7) is 16.7. The molecule has 0 spiro atoms. The van der Waals surface area contributed by atoms with Crippen molar-refractivity contribution in [3.8, 4) is 0 Å². The molecule has 1 aliphatic rings. The lowest BCUT2D eigenvalue weighted by Gasteiger charge is -2.44. The van der Waals surface area contributed by atoms with E-state index in [0.717, 1.165) is 32.2 Å². The Kier molecular flexibility index (Phi) is 8.74. The van der Waals surface area contributed by atoms with Gasteiger partial charge in [-0.1, -0.05) is 47.5 Å². The SMILES string of the molecule is CCCCOCCN1CC(C(C)CC)NCC1C(C)C. The summed E-state index contributed by atoms with van der Waals surface area (Å²) < 4.78 is 5.76. The first-order valence-electron chi connectivity index (χ1n) is 8.65. The third-order valence-corrected chi connectivity index (χ3v) is 4.75. The highest BCUT2D eigenvalue weighted by Crippen LogP contribution is 2.19. The largest absolute Gasteiger partial charge is 0.380 e. The van der Waals surface area contributed by atoms with Gasteiger partial charge in [0.2, 0.25) is 0 Å². The molecular weight excluding hydrogens is 248 g/mol. The van der Waals surface area contributed by atoms with Crippen LogP contribution in [0.4, 0.5) is 0 Å². The Morgan fingerprint density at radius 2 is 1.95 bits per heavy atom. The van der Waals surface area contributed by atoms with E-state index in [1.54, 1.807) is 0 Å². The second-order valence-electron chi connectivity index (χ2n) is 6.67. The maximum Gasteiger partial charge on any atom is 0.0593 e. The van der Waals surface area contributed by atoms with E-state index in [9.17, 15) is 0 Å². The molecule has 1 aliphatic heterocycles. The third-order valence-electron chi connectivity index (χ3n) is 4.75. The first kappa shape index (κ1) is 17.9. The molecule has 3 nitrogen and oxygen atoms in total. The number of hydrogen-bond acceptors (Lipinski definition) is 3. The molecule has 120 valence electrons. The van der Waals surface area contributed by atoms with Gasteiger partial charge in [-0.2, -0.15) is 0 Å². The summed E-state index contributed by atoms with van der Waals surface area (Å²) in [5.41, 5.74) is 0. The summed E-state index contributed by atoms with van der Waals surface area (Å²) in [6.07, 6.45) is 3.66. The van der Waals surface area contributed by atoms with Gasteiger partial charge in [0.15, 0.2) is 0 Å². The van der Waals surface area contributed by atoms with E-state index in [0.29, 0.717) is 18.0 Å². The van der Waals surface area contributed by atoms with Gasteiger partial charge in [0, 0.05) is 38.3 Å². The fourth-order valence-corrected chi connectivity index (χ4v) is 2.96. The summed E-state index contributed by atoms with van der Waals surface area (Å²) in [6, 6.07) is 1.30. The van der Waals surface area contributed by atoms with Crippen molar-refractivity contribution in [3.63, 3.8) is 0 Å². The van der Waals surface area contributed by atoms with Gasteiger partial charge in [-0.3, -0.25) is 4.90 Å². The van der Waals surface area contributed by atoms with Crippen molar-refractivity contribution < 1.29 is 4.74 Å². The molecule has 0 aromatic carbocycles. The van der Waals surface area contributed by atoms with E-state index < -0.39 is 0 Å². The third kappa shape index (κ3) is 5.71. The number of unbranched alkanes of at least 4 members (excludes halogenated alkanes) is 1. The number of nitrogens with zero attached hydrogens (tertiary/aromatic N) is 1. The first-order valence-corrected chi connectivity index (χ1v) is 8.65. The zero-order valence-corrected chi connectivity index (χ0v) is 14.3. The van der Waals surface area contributed by atoms with Crippen molar-refractivity contribution in [1.29, 1.82) is 0 Å². The van der Waals surface area contributed by atoms with Crippen LogP contribution < -0.4 is 5.32 Å². The number of hydrogen-bond donors (Lipinski definition) is 1. The van der Waals surface area contributed by atoms with Crippen LogP contribution in [0.15, 0.2) is 0 Å². The first-order chi connectivity index (χ1) is 9.60. The summed E-state index contributed by atoms with van der Waals surface area (Å²) in [5.74, 6) is 1.46. The highest BCUT2D eigenvalue weighted by atomic mass is 16.5. The molecule has 3 unspecified atom stereocenters. The lowest BCUT2D eigenvalue weighted by molar-refractivity contribution is 0.0413. The van der Waals surface area contributed by atoms with E-state index in [1.165, 1.54) is 25.8 Å². The minimum atomic E-state index is 0.644. The fraction of sp³-hybridized carbons (Fsp3) is 1.00. The minimum Gasteiger partial charge on any atom is -0.380 e. The Balaban J connectivity index is 2.42. The molecule has 20 heavy (non-hydrogen) atoms. The van der Waals surface area contributed by atoms with Gasteiger partial charge in [-0.15, -0.1) is 0 Å².